The summed E-state index contributed by atoms with van der Waals surface area (Å²) in [6, 6.07) is 7.15. The van der Waals surface area contributed by atoms with Crippen molar-refractivity contribution in [1.82, 2.24) is 0 Å². The van der Waals surface area contributed by atoms with Crippen molar-refractivity contribution in [2.24, 2.45) is 5.73 Å². The van der Waals surface area contributed by atoms with Gasteiger partial charge in [0.05, 0.1) is 30.2 Å². The highest BCUT2D eigenvalue weighted by Gasteiger charge is 2.28. The second-order valence-electron chi connectivity index (χ2n) is 4.81. The van der Waals surface area contributed by atoms with Crippen LogP contribution in [0, 0.1) is 0 Å². The number of primary amides is 1. The molecule has 1 aliphatic rings. The van der Waals surface area contributed by atoms with Gasteiger partial charge in [0, 0.05) is 6.04 Å². The van der Waals surface area contributed by atoms with Crippen molar-refractivity contribution < 1.29 is 17.9 Å². The molecule has 1 aromatic rings. The highest BCUT2D eigenvalue weighted by atomic mass is 32.2. The van der Waals surface area contributed by atoms with Crippen molar-refractivity contribution in [3.8, 4) is 5.75 Å². The maximum Gasteiger partial charge on any atom is 0.220 e. The van der Waals surface area contributed by atoms with Crippen LogP contribution in [0.25, 0.3) is 0 Å². The van der Waals surface area contributed by atoms with Crippen LogP contribution in [0.1, 0.15) is 12.8 Å². The van der Waals surface area contributed by atoms with E-state index in [-0.39, 0.29) is 30.6 Å². The minimum atomic E-state index is -2.92. The van der Waals surface area contributed by atoms with Gasteiger partial charge in [-0.15, -0.1) is 0 Å². The molecule has 0 spiro atoms. The van der Waals surface area contributed by atoms with E-state index in [4.69, 9.17) is 10.5 Å². The van der Waals surface area contributed by atoms with E-state index >= 15 is 0 Å². The maximum atomic E-state index is 11.4. The lowest BCUT2D eigenvalue weighted by Crippen LogP contribution is -2.21. The molecule has 110 valence electrons. The number of carbonyl (C=O) groups is 1. The topological polar surface area (TPSA) is 98.5 Å². The van der Waals surface area contributed by atoms with E-state index in [1.54, 1.807) is 6.07 Å². The second kappa shape index (κ2) is 6.13. The molecule has 1 aliphatic heterocycles. The van der Waals surface area contributed by atoms with E-state index in [1.807, 2.05) is 18.2 Å². The number of carbonyl (C=O) groups excluding carboxylic acids is 1. The van der Waals surface area contributed by atoms with Crippen LogP contribution in [-0.4, -0.2) is 38.5 Å². The summed E-state index contributed by atoms with van der Waals surface area (Å²) >= 11 is 0. The van der Waals surface area contributed by atoms with Gasteiger partial charge in [0.25, 0.3) is 0 Å². The summed E-state index contributed by atoms with van der Waals surface area (Å²) in [7, 11) is -2.92. The molecule has 1 heterocycles. The Morgan fingerprint density at radius 1 is 1.40 bits per heavy atom. The minimum absolute atomic E-state index is 0.0964. The average Bonchev–Trinajstić information content (AvgIpc) is 2.70. The Bertz CT molecular complexity index is 586. The molecule has 1 fully saturated rings. The summed E-state index contributed by atoms with van der Waals surface area (Å²) in [6.45, 7) is 0.205. The van der Waals surface area contributed by atoms with Gasteiger partial charge in [0.15, 0.2) is 9.84 Å². The average molecular weight is 298 g/mol. The third-order valence-electron chi connectivity index (χ3n) is 3.09. The molecule has 1 saturated heterocycles. The Morgan fingerprint density at radius 2 is 2.15 bits per heavy atom. The molecule has 20 heavy (non-hydrogen) atoms. The van der Waals surface area contributed by atoms with Crippen LogP contribution >= 0.6 is 0 Å². The number of amides is 1. The molecule has 3 N–H and O–H groups in total. The largest absolute Gasteiger partial charge is 0.491 e. The van der Waals surface area contributed by atoms with E-state index in [0.29, 0.717) is 12.2 Å². The summed E-state index contributed by atoms with van der Waals surface area (Å²) in [6.07, 6.45) is 0.740. The van der Waals surface area contributed by atoms with Crippen LogP contribution in [0.15, 0.2) is 24.3 Å². The molecule has 0 saturated carbocycles. The van der Waals surface area contributed by atoms with Crippen molar-refractivity contribution >= 4 is 21.4 Å². The molecule has 0 aromatic heterocycles. The Kier molecular flexibility index (Phi) is 4.49. The molecule has 7 heteroatoms. The van der Waals surface area contributed by atoms with Gasteiger partial charge in [-0.3, -0.25) is 4.79 Å². The first kappa shape index (κ1) is 14.6. The lowest BCUT2D eigenvalue weighted by atomic mass is 10.2. The van der Waals surface area contributed by atoms with Gasteiger partial charge in [-0.05, 0) is 18.6 Å². The first-order valence-corrected chi connectivity index (χ1v) is 8.25. The van der Waals surface area contributed by atoms with Gasteiger partial charge < -0.3 is 15.8 Å². The first-order chi connectivity index (χ1) is 9.46. The van der Waals surface area contributed by atoms with Crippen molar-refractivity contribution in [2.75, 3.05) is 23.4 Å². The minimum Gasteiger partial charge on any atom is -0.491 e. The number of sulfone groups is 1. The summed E-state index contributed by atoms with van der Waals surface area (Å²) in [4.78, 5) is 10.7. The molecular formula is C13H18N2O4S. The third kappa shape index (κ3) is 4.12. The summed E-state index contributed by atoms with van der Waals surface area (Å²) in [5.74, 6) is 0.535. The van der Waals surface area contributed by atoms with Crippen molar-refractivity contribution in [3.63, 3.8) is 0 Å². The number of rotatable bonds is 6. The molecule has 2 rings (SSSR count). The standard InChI is InChI=1S/C13H18N2O4S/c14-13(16)5-7-19-12-4-2-1-3-11(12)15-10-6-8-20(17,18)9-10/h1-4,10,15H,5-9H2,(H2,14,16). The monoisotopic (exact) mass is 298 g/mol. The second-order valence-corrected chi connectivity index (χ2v) is 7.03. The van der Waals surface area contributed by atoms with Gasteiger partial charge in [-0.2, -0.15) is 0 Å². The number of para-hydroxylation sites is 2. The molecule has 1 atom stereocenters. The highest BCUT2D eigenvalue weighted by molar-refractivity contribution is 7.91. The molecule has 1 unspecified atom stereocenters. The zero-order valence-corrected chi connectivity index (χ0v) is 11.9. The van der Waals surface area contributed by atoms with E-state index < -0.39 is 15.7 Å². The molecule has 1 aromatic carbocycles. The van der Waals surface area contributed by atoms with Gasteiger partial charge in [-0.25, -0.2) is 8.42 Å². The zero-order valence-electron chi connectivity index (χ0n) is 11.0. The zero-order chi connectivity index (χ0) is 14.6. The number of hydrogen-bond donors (Lipinski definition) is 2. The normalized spacial score (nSPS) is 20.5. The van der Waals surface area contributed by atoms with Crippen molar-refractivity contribution in [3.05, 3.63) is 24.3 Å². The summed E-state index contributed by atoms with van der Waals surface area (Å²) < 4.78 is 28.4. The fraction of sp³-hybridized carbons (Fsp3) is 0.462. The number of anilines is 1. The molecule has 1 amide bonds. The Balaban J connectivity index is 1.99. The number of benzene rings is 1. The van der Waals surface area contributed by atoms with E-state index in [0.717, 1.165) is 5.69 Å². The van der Waals surface area contributed by atoms with E-state index in [2.05, 4.69) is 5.32 Å². The maximum absolute atomic E-state index is 11.4. The molecule has 6 nitrogen and oxygen atoms in total. The van der Waals surface area contributed by atoms with Crippen molar-refractivity contribution in [2.45, 2.75) is 18.9 Å². The Hall–Kier alpha value is -1.76. The van der Waals surface area contributed by atoms with Crippen LogP contribution in [0.5, 0.6) is 5.75 Å². The third-order valence-corrected chi connectivity index (χ3v) is 4.85. The highest BCUT2D eigenvalue weighted by Crippen LogP contribution is 2.26. The lowest BCUT2D eigenvalue weighted by Gasteiger charge is -2.16. The van der Waals surface area contributed by atoms with Gasteiger partial charge >= 0.3 is 0 Å². The fourth-order valence-corrected chi connectivity index (χ4v) is 3.78. The van der Waals surface area contributed by atoms with Crippen LogP contribution in [-0.2, 0) is 14.6 Å². The predicted octanol–water partition coefficient (Wildman–Crippen LogP) is 0.540. The predicted molar refractivity (Wildman–Crippen MR) is 76.4 cm³/mol. The fourth-order valence-electron chi connectivity index (χ4n) is 2.10. The number of nitrogens with one attached hydrogen (secondary N) is 1. The lowest BCUT2D eigenvalue weighted by molar-refractivity contribution is -0.118. The Labute approximate surface area is 118 Å². The number of hydrogen-bond acceptors (Lipinski definition) is 5. The van der Waals surface area contributed by atoms with Crippen LogP contribution in [0.3, 0.4) is 0 Å². The molecular weight excluding hydrogens is 280 g/mol. The van der Waals surface area contributed by atoms with E-state index in [9.17, 15) is 13.2 Å². The first-order valence-electron chi connectivity index (χ1n) is 6.43. The van der Waals surface area contributed by atoms with Crippen LogP contribution < -0.4 is 15.8 Å². The Morgan fingerprint density at radius 3 is 2.80 bits per heavy atom. The van der Waals surface area contributed by atoms with Gasteiger partial charge in [-0.1, -0.05) is 12.1 Å². The van der Waals surface area contributed by atoms with Gasteiger partial charge in [0.2, 0.25) is 5.91 Å². The SMILES string of the molecule is NC(=O)CCOc1ccccc1NC1CCS(=O)(=O)C1. The number of nitrogens with two attached hydrogens (primary N) is 1. The molecule has 0 radical (unpaired) electrons. The quantitative estimate of drug-likeness (QED) is 0.798. The molecule has 0 aliphatic carbocycles. The van der Waals surface area contributed by atoms with E-state index in [1.165, 1.54) is 0 Å². The smallest absolute Gasteiger partial charge is 0.220 e. The van der Waals surface area contributed by atoms with Crippen LogP contribution in [0.4, 0.5) is 5.69 Å². The number of ether oxygens (including phenoxy) is 1. The summed E-state index contributed by atoms with van der Waals surface area (Å²) in [5.41, 5.74) is 5.79. The van der Waals surface area contributed by atoms with Crippen LogP contribution in [0.2, 0.25) is 0 Å². The van der Waals surface area contributed by atoms with Crippen molar-refractivity contribution in [1.29, 1.82) is 0 Å². The summed E-state index contributed by atoms with van der Waals surface area (Å²) in [5, 5.41) is 3.18. The van der Waals surface area contributed by atoms with Gasteiger partial charge in [0.1, 0.15) is 5.75 Å². The molecule has 0 bridgehead atoms.